The van der Waals surface area contributed by atoms with Crippen molar-refractivity contribution in [3.63, 3.8) is 0 Å². The first kappa shape index (κ1) is 21.3. The molecule has 5 atom stereocenters. The van der Waals surface area contributed by atoms with E-state index in [0.717, 1.165) is 16.1 Å². The molecule has 1 fully saturated rings. The molecule has 5 N–H and O–H groups in total. The second-order valence-corrected chi connectivity index (χ2v) is 8.46. The first-order valence-corrected chi connectivity index (χ1v) is 10.4. The Kier molecular flexibility index (Phi) is 5.72. The topological polar surface area (TPSA) is 160 Å². The van der Waals surface area contributed by atoms with Gasteiger partial charge in [-0.05, 0) is 6.07 Å². The fourth-order valence-corrected chi connectivity index (χ4v) is 4.44. The molecule has 2 aliphatic heterocycles. The fraction of sp³-hybridized carbons (Fsp3) is 0.312. The molecule has 0 aliphatic carbocycles. The number of anilines is 1. The van der Waals surface area contributed by atoms with Crippen LogP contribution in [0.15, 0.2) is 45.3 Å². The number of aliphatic hydroxyl groups excluding tert-OH is 2. The number of aliphatic hydroxyl groups is 3. The Balaban J connectivity index is 0.000000200. The molecule has 13 heteroatoms. The Hall–Kier alpha value is -2.41. The number of nitrogens with two attached hydrogens (primary N) is 1. The Morgan fingerprint density at radius 1 is 1.31 bits per heavy atom. The SMILES string of the molecule is Nc1ccn([C@]2(F)O[C@H](CO)[C@@H](O)[C@]2(O)F)c(=O)n1.O=[Se]1N=Cc2ccccc21. The fourth-order valence-electron chi connectivity index (χ4n) is 2.68. The van der Waals surface area contributed by atoms with E-state index >= 15 is 0 Å². The third-order valence-electron chi connectivity index (χ3n) is 4.19. The van der Waals surface area contributed by atoms with E-state index in [1.54, 1.807) is 6.21 Å². The van der Waals surface area contributed by atoms with E-state index in [-0.39, 0.29) is 10.4 Å². The molecule has 156 valence electrons. The minimum absolute atomic E-state index is 0.00222. The van der Waals surface area contributed by atoms with E-state index in [4.69, 9.17) is 10.8 Å². The van der Waals surface area contributed by atoms with Crippen LogP contribution in [0.2, 0.25) is 0 Å². The molecule has 2 aliphatic rings. The van der Waals surface area contributed by atoms with Crippen molar-refractivity contribution >= 4 is 30.5 Å². The maximum atomic E-state index is 14.5. The van der Waals surface area contributed by atoms with Crippen LogP contribution in [0.3, 0.4) is 0 Å². The van der Waals surface area contributed by atoms with Crippen LogP contribution < -0.4 is 15.9 Å². The summed E-state index contributed by atoms with van der Waals surface area (Å²) in [6.45, 7) is -0.962. The average molecular weight is 477 g/mol. The van der Waals surface area contributed by atoms with Crippen molar-refractivity contribution in [2.45, 2.75) is 24.0 Å². The van der Waals surface area contributed by atoms with Crippen molar-refractivity contribution < 1.29 is 32.7 Å². The molecule has 0 saturated carbocycles. The molecule has 10 nitrogen and oxygen atoms in total. The number of benzene rings is 1. The predicted molar refractivity (Wildman–Crippen MR) is 96.1 cm³/mol. The first-order valence-electron chi connectivity index (χ1n) is 8.09. The van der Waals surface area contributed by atoms with E-state index < -0.39 is 50.4 Å². The molecule has 3 heterocycles. The standard InChI is InChI=1S/C9H11F2N3O5.C7H5NOSe/c10-8(18)6(16)4(3-15)19-9(8,11)14-2-1-5(12)13-7(14)17;9-10-7-4-2-1-3-6(7)5-8-10/h1-2,4,6,15-16,18H,3H2,(H2,12,13,17);1-5H/t4-,6-,8-,9+;/m1./s1. The molecule has 0 bridgehead atoms. The van der Waals surface area contributed by atoms with Gasteiger partial charge in [-0.3, -0.25) is 0 Å². The van der Waals surface area contributed by atoms with E-state index in [1.165, 1.54) is 0 Å². The predicted octanol–water partition coefficient (Wildman–Crippen LogP) is -1.94. The third-order valence-corrected chi connectivity index (χ3v) is 6.39. The van der Waals surface area contributed by atoms with Gasteiger partial charge in [0.1, 0.15) is 18.0 Å². The van der Waals surface area contributed by atoms with Gasteiger partial charge in [-0.1, -0.05) is 0 Å². The van der Waals surface area contributed by atoms with Gasteiger partial charge in [0.25, 0.3) is 0 Å². The summed E-state index contributed by atoms with van der Waals surface area (Å²) in [5.74, 6) is -7.91. The molecule has 2 aromatic rings. The molecule has 1 unspecified atom stereocenters. The second-order valence-electron chi connectivity index (χ2n) is 6.04. The van der Waals surface area contributed by atoms with Crippen molar-refractivity contribution in [2.75, 3.05) is 12.3 Å². The zero-order valence-corrected chi connectivity index (χ0v) is 16.3. The van der Waals surface area contributed by atoms with Crippen molar-refractivity contribution in [3.05, 3.63) is 52.6 Å². The summed E-state index contributed by atoms with van der Waals surface area (Å²) in [5.41, 5.74) is 4.87. The van der Waals surface area contributed by atoms with E-state index in [2.05, 4.69) is 13.7 Å². The minimum atomic E-state index is -3.94. The number of fused-ring (bicyclic) bond motifs is 1. The van der Waals surface area contributed by atoms with Gasteiger partial charge in [0, 0.05) is 6.20 Å². The van der Waals surface area contributed by atoms with Crippen LogP contribution in [-0.4, -0.2) is 69.8 Å². The van der Waals surface area contributed by atoms with Gasteiger partial charge in [0.05, 0.1) is 6.61 Å². The molecule has 4 rings (SSSR count). The molecular formula is C16H16F2N4O6Se. The summed E-state index contributed by atoms with van der Waals surface area (Å²) >= 11 is -2.00. The summed E-state index contributed by atoms with van der Waals surface area (Å²) in [5, 5.41) is 27.5. The van der Waals surface area contributed by atoms with E-state index in [0.29, 0.717) is 6.20 Å². The Morgan fingerprint density at radius 2 is 2.00 bits per heavy atom. The number of ether oxygens (including phenoxy) is 1. The van der Waals surface area contributed by atoms with Crippen LogP contribution in [0.25, 0.3) is 0 Å². The van der Waals surface area contributed by atoms with Crippen LogP contribution in [0, 0.1) is 0 Å². The van der Waals surface area contributed by atoms with Crippen LogP contribution >= 0.6 is 0 Å². The third kappa shape index (κ3) is 3.63. The number of alkyl halides is 2. The molecule has 1 aromatic heterocycles. The summed E-state index contributed by atoms with van der Waals surface area (Å²) in [7, 11) is 0. The van der Waals surface area contributed by atoms with Crippen LogP contribution in [0.4, 0.5) is 14.6 Å². The number of aromatic nitrogens is 2. The van der Waals surface area contributed by atoms with Gasteiger partial charge in [0.2, 0.25) is 0 Å². The normalized spacial score (nSPS) is 32.5. The Labute approximate surface area is 166 Å². The quantitative estimate of drug-likeness (QED) is 0.364. The van der Waals surface area contributed by atoms with Gasteiger partial charge < -0.3 is 25.8 Å². The average Bonchev–Trinajstić information content (AvgIpc) is 3.14. The maximum absolute atomic E-state index is 14.5. The molecule has 0 amide bonds. The van der Waals surface area contributed by atoms with Crippen LogP contribution in [0.5, 0.6) is 0 Å². The zero-order chi connectivity index (χ0) is 21.4. The van der Waals surface area contributed by atoms with Gasteiger partial charge in [0.15, 0.2) is 0 Å². The monoisotopic (exact) mass is 478 g/mol. The van der Waals surface area contributed by atoms with Gasteiger partial charge in [-0.15, -0.1) is 0 Å². The Morgan fingerprint density at radius 3 is 2.59 bits per heavy atom. The van der Waals surface area contributed by atoms with Gasteiger partial charge >= 0.3 is 79.9 Å². The van der Waals surface area contributed by atoms with Crippen molar-refractivity contribution in [3.8, 4) is 0 Å². The van der Waals surface area contributed by atoms with Crippen LogP contribution in [0.1, 0.15) is 5.56 Å². The number of hydrogen-bond donors (Lipinski definition) is 4. The molecule has 1 aromatic carbocycles. The molecule has 29 heavy (non-hydrogen) atoms. The van der Waals surface area contributed by atoms with Gasteiger partial charge in [-0.2, -0.15) is 9.37 Å². The van der Waals surface area contributed by atoms with Crippen molar-refractivity contribution in [1.29, 1.82) is 0 Å². The number of nitrogen functional groups attached to an aromatic ring is 1. The molecule has 1 saturated heterocycles. The Bertz CT molecular complexity index is 1030. The van der Waals surface area contributed by atoms with Crippen molar-refractivity contribution in [2.24, 2.45) is 4.01 Å². The van der Waals surface area contributed by atoms with Crippen molar-refractivity contribution in [1.82, 2.24) is 9.55 Å². The molecule has 0 spiro atoms. The van der Waals surface area contributed by atoms with Gasteiger partial charge in [-0.25, -0.2) is 13.8 Å². The second kappa shape index (κ2) is 7.78. The summed E-state index contributed by atoms with van der Waals surface area (Å²) in [6.07, 6.45) is -1.73. The zero-order valence-electron chi connectivity index (χ0n) is 14.6. The number of hydrogen-bond acceptors (Lipinski definition) is 8. The number of rotatable bonds is 2. The molecular weight excluding hydrogens is 461 g/mol. The van der Waals surface area contributed by atoms with Crippen LogP contribution in [-0.2, 0) is 14.6 Å². The number of halogens is 2. The summed E-state index contributed by atoms with van der Waals surface area (Å²) < 4.78 is 48.7. The summed E-state index contributed by atoms with van der Waals surface area (Å²) in [6, 6.07) is 8.60. The summed E-state index contributed by atoms with van der Waals surface area (Å²) in [4.78, 5) is 14.6. The van der Waals surface area contributed by atoms with E-state index in [1.807, 2.05) is 24.3 Å². The number of nitrogens with zero attached hydrogens (tertiary/aromatic N) is 3. The molecule has 0 radical (unpaired) electrons. The first-order chi connectivity index (χ1) is 13.6. The van der Waals surface area contributed by atoms with E-state index in [9.17, 15) is 27.6 Å².